The zero-order valence-electron chi connectivity index (χ0n) is 23.1. The Morgan fingerprint density at radius 2 is 1.81 bits per heavy atom. The van der Waals surface area contributed by atoms with E-state index in [9.17, 15) is 9.90 Å². The second kappa shape index (κ2) is 12.4. The second-order valence-electron chi connectivity index (χ2n) is 10.6. The van der Waals surface area contributed by atoms with Gasteiger partial charge in [-0.15, -0.1) is 0 Å². The molecule has 2 aliphatic heterocycles. The fourth-order valence-electron chi connectivity index (χ4n) is 5.60. The average Bonchev–Trinajstić information content (AvgIpc) is 3.16. The lowest BCUT2D eigenvalue weighted by atomic mass is 9.84. The molecule has 3 aromatic carbocycles. The van der Waals surface area contributed by atoms with Crippen molar-refractivity contribution in [3.8, 4) is 17.4 Å². The van der Waals surface area contributed by atoms with Crippen molar-refractivity contribution in [2.45, 2.75) is 31.3 Å². The van der Waals surface area contributed by atoms with Crippen LogP contribution in [-0.4, -0.2) is 40.7 Å². The molecular formula is C34H32ClN3O4. The molecule has 0 bridgehead atoms. The van der Waals surface area contributed by atoms with Crippen molar-refractivity contribution in [1.82, 2.24) is 9.88 Å². The van der Waals surface area contributed by atoms with E-state index in [1.54, 1.807) is 18.3 Å². The summed E-state index contributed by atoms with van der Waals surface area (Å²) in [5.41, 5.74) is 3.60. The molecule has 0 aliphatic carbocycles. The van der Waals surface area contributed by atoms with Crippen LogP contribution < -0.4 is 14.8 Å². The molecule has 6 rings (SSSR count). The normalized spacial score (nSPS) is 17.0. The van der Waals surface area contributed by atoms with Crippen molar-refractivity contribution in [3.05, 3.63) is 119 Å². The number of pyridine rings is 1. The zero-order valence-corrected chi connectivity index (χ0v) is 23.9. The predicted octanol–water partition coefficient (Wildman–Crippen LogP) is 7.45. The van der Waals surface area contributed by atoms with E-state index in [1.807, 2.05) is 72.8 Å². The number of aromatic nitrogens is 1. The number of nitrogens with zero attached hydrogens (tertiary/aromatic N) is 2. The first-order valence-electron chi connectivity index (χ1n) is 14.2. The van der Waals surface area contributed by atoms with Crippen LogP contribution in [0.4, 0.5) is 10.5 Å². The first-order valence-corrected chi connectivity index (χ1v) is 14.5. The van der Waals surface area contributed by atoms with Crippen molar-refractivity contribution < 1.29 is 19.4 Å². The Labute approximate surface area is 250 Å². The number of amides is 1. The highest BCUT2D eigenvalue weighted by molar-refractivity contribution is 6.30. The number of carbonyl (C=O) groups excluding carboxylic acids is 1. The maximum absolute atomic E-state index is 12.7. The Morgan fingerprint density at radius 1 is 1.02 bits per heavy atom. The Kier molecular flexibility index (Phi) is 8.24. The lowest BCUT2D eigenvalue weighted by Crippen LogP contribution is -2.42. The summed E-state index contributed by atoms with van der Waals surface area (Å²) < 4.78 is 11.7. The number of likely N-dealkylation sites (tertiary alicyclic amines) is 1. The number of para-hydroxylation sites is 1. The Hall–Kier alpha value is -4.17. The molecule has 0 saturated carbocycles. The first-order chi connectivity index (χ1) is 20.5. The van der Waals surface area contributed by atoms with Crippen LogP contribution in [-0.2, 0) is 12.0 Å². The van der Waals surface area contributed by atoms with Gasteiger partial charge in [0.05, 0.1) is 11.3 Å². The van der Waals surface area contributed by atoms with Crippen LogP contribution in [0.25, 0.3) is 5.57 Å². The third kappa shape index (κ3) is 6.34. The third-order valence-electron chi connectivity index (χ3n) is 7.92. The summed E-state index contributed by atoms with van der Waals surface area (Å²) in [5, 5.41) is 14.8. The summed E-state index contributed by atoms with van der Waals surface area (Å²) in [4.78, 5) is 19.6. The number of rotatable bonds is 6. The van der Waals surface area contributed by atoms with E-state index in [0.717, 1.165) is 48.3 Å². The van der Waals surface area contributed by atoms with Crippen LogP contribution in [0.5, 0.6) is 17.4 Å². The molecule has 42 heavy (non-hydrogen) atoms. The molecule has 1 fully saturated rings. The third-order valence-corrected chi connectivity index (χ3v) is 8.17. The van der Waals surface area contributed by atoms with Gasteiger partial charge in [-0.05, 0) is 78.9 Å². The molecule has 3 heterocycles. The van der Waals surface area contributed by atoms with E-state index < -0.39 is 11.7 Å². The van der Waals surface area contributed by atoms with Gasteiger partial charge >= 0.3 is 6.09 Å². The molecule has 0 atom stereocenters. The number of halogens is 1. The van der Waals surface area contributed by atoms with Crippen LogP contribution in [0.15, 0.2) is 97.2 Å². The molecule has 0 unspecified atom stereocenters. The number of allylic oxidation sites excluding steroid dienone is 1. The molecule has 8 heteroatoms. The van der Waals surface area contributed by atoms with Gasteiger partial charge in [0.25, 0.3) is 0 Å². The molecule has 214 valence electrons. The highest BCUT2D eigenvalue weighted by Gasteiger charge is 2.33. The van der Waals surface area contributed by atoms with Crippen LogP contribution in [0, 0.1) is 0 Å². The number of carbonyl (C=O) groups is 1. The topological polar surface area (TPSA) is 83.9 Å². The van der Waals surface area contributed by atoms with Gasteiger partial charge < -0.3 is 19.5 Å². The van der Waals surface area contributed by atoms with Crippen molar-refractivity contribution in [2.75, 3.05) is 25.0 Å². The molecule has 2 aliphatic rings. The average molecular weight is 582 g/mol. The number of ether oxygens (including phenoxy) is 2. The van der Waals surface area contributed by atoms with Crippen LogP contribution in [0.2, 0.25) is 5.02 Å². The van der Waals surface area contributed by atoms with Gasteiger partial charge in [-0.25, -0.2) is 9.78 Å². The Morgan fingerprint density at radius 3 is 2.60 bits per heavy atom. The summed E-state index contributed by atoms with van der Waals surface area (Å²) in [5.74, 6) is 1.65. The number of hydrogen-bond donors (Lipinski definition) is 2. The van der Waals surface area contributed by atoms with E-state index in [1.165, 1.54) is 0 Å². The standard InChI is InChI=1S/C34H32ClN3O4/c35-26-15-13-25(14-16-26)34(40)17-21-38(22-18-34)20-6-7-24-23-29-30(37-33(39)41-27-8-2-1-3-9-27)11-4-12-31(29)42-32-28(24)10-5-19-36-32/h1-5,7-16,19,40H,6,17-18,20-23H2,(H,37,39)/b24-7-. The van der Waals surface area contributed by atoms with Crippen molar-refractivity contribution in [3.63, 3.8) is 0 Å². The molecule has 0 radical (unpaired) electrons. The van der Waals surface area contributed by atoms with E-state index in [4.69, 9.17) is 21.1 Å². The van der Waals surface area contributed by atoms with E-state index in [-0.39, 0.29) is 0 Å². The zero-order chi connectivity index (χ0) is 28.9. The van der Waals surface area contributed by atoms with Gasteiger partial charge in [-0.2, -0.15) is 0 Å². The van der Waals surface area contributed by atoms with Crippen molar-refractivity contribution in [2.24, 2.45) is 0 Å². The fraction of sp³-hybridized carbons (Fsp3) is 0.235. The van der Waals surface area contributed by atoms with Gasteiger partial charge in [0.2, 0.25) is 5.88 Å². The second-order valence-corrected chi connectivity index (χ2v) is 11.1. The first kappa shape index (κ1) is 28.0. The fourth-order valence-corrected chi connectivity index (χ4v) is 5.72. The quantitative estimate of drug-likeness (QED) is 0.246. The van der Waals surface area contributed by atoms with E-state index in [0.29, 0.717) is 47.4 Å². The summed E-state index contributed by atoms with van der Waals surface area (Å²) in [6, 6.07) is 26.0. The molecule has 2 N–H and O–H groups in total. The number of piperidine rings is 1. The number of benzene rings is 3. The van der Waals surface area contributed by atoms with Gasteiger partial charge in [0, 0.05) is 48.4 Å². The predicted molar refractivity (Wildman–Crippen MR) is 164 cm³/mol. The molecule has 4 aromatic rings. The molecule has 1 saturated heterocycles. The summed E-state index contributed by atoms with van der Waals surface area (Å²) in [7, 11) is 0. The highest BCUT2D eigenvalue weighted by Crippen LogP contribution is 2.41. The van der Waals surface area contributed by atoms with Gasteiger partial charge in [0.1, 0.15) is 11.5 Å². The Bertz CT molecular complexity index is 1580. The van der Waals surface area contributed by atoms with Crippen LogP contribution in [0.3, 0.4) is 0 Å². The lowest BCUT2D eigenvalue weighted by molar-refractivity contribution is -0.0254. The largest absolute Gasteiger partial charge is 0.438 e. The molecular weight excluding hydrogens is 550 g/mol. The minimum absolute atomic E-state index is 0.467. The lowest BCUT2D eigenvalue weighted by Gasteiger charge is -2.38. The molecule has 1 amide bonds. The van der Waals surface area contributed by atoms with Gasteiger partial charge in [-0.3, -0.25) is 5.32 Å². The van der Waals surface area contributed by atoms with Crippen molar-refractivity contribution in [1.29, 1.82) is 0 Å². The smallest absolute Gasteiger partial charge is 0.417 e. The minimum atomic E-state index is -0.822. The van der Waals surface area contributed by atoms with Gasteiger partial charge in [-0.1, -0.05) is 54.1 Å². The maximum atomic E-state index is 12.7. The highest BCUT2D eigenvalue weighted by atomic mass is 35.5. The number of hydrogen-bond acceptors (Lipinski definition) is 6. The monoisotopic (exact) mass is 581 g/mol. The molecule has 7 nitrogen and oxygen atoms in total. The number of fused-ring (bicyclic) bond motifs is 2. The Balaban J connectivity index is 1.16. The maximum Gasteiger partial charge on any atom is 0.417 e. The summed E-state index contributed by atoms with van der Waals surface area (Å²) in [6.07, 6.45) is 6.12. The van der Waals surface area contributed by atoms with E-state index >= 15 is 0 Å². The van der Waals surface area contributed by atoms with Gasteiger partial charge in [0.15, 0.2) is 0 Å². The summed E-state index contributed by atoms with van der Waals surface area (Å²) >= 11 is 6.04. The van der Waals surface area contributed by atoms with Crippen LogP contribution >= 0.6 is 11.6 Å². The number of anilines is 1. The minimum Gasteiger partial charge on any atom is -0.438 e. The number of aliphatic hydroxyl groups is 1. The number of nitrogens with one attached hydrogen (secondary N) is 1. The summed E-state index contributed by atoms with van der Waals surface area (Å²) in [6.45, 7) is 2.49. The van der Waals surface area contributed by atoms with Crippen LogP contribution in [0.1, 0.15) is 36.0 Å². The SMILES string of the molecule is O=C(Nc1cccc2c1C/C(=C/CCN1CCC(O)(c3ccc(Cl)cc3)CC1)c1cccnc1O2)Oc1ccccc1. The van der Waals surface area contributed by atoms with E-state index in [2.05, 4.69) is 21.3 Å². The van der Waals surface area contributed by atoms with Crippen molar-refractivity contribution >= 4 is 29.0 Å². The molecule has 0 spiro atoms. The molecule has 1 aromatic heterocycles.